The Morgan fingerprint density at radius 1 is 1.14 bits per heavy atom. The fraction of sp³-hybridized carbons (Fsp3) is 0.654. The van der Waals surface area contributed by atoms with Gasteiger partial charge in [0.2, 0.25) is 17.7 Å². The van der Waals surface area contributed by atoms with Gasteiger partial charge >= 0.3 is 0 Å². The molecule has 0 bridgehead atoms. The van der Waals surface area contributed by atoms with Crippen LogP contribution in [0.15, 0.2) is 18.2 Å². The van der Waals surface area contributed by atoms with Gasteiger partial charge in [-0.05, 0) is 75.9 Å². The molecule has 0 aromatic heterocycles. The Bertz CT molecular complexity index is 883. The zero-order chi connectivity index (χ0) is 26.7. The van der Waals surface area contributed by atoms with Crippen molar-refractivity contribution in [2.75, 3.05) is 52.9 Å². The molecule has 1 aromatic rings. The van der Waals surface area contributed by atoms with Crippen LogP contribution >= 0.6 is 23.2 Å². The number of amides is 3. The molecule has 1 unspecified atom stereocenters. The Balaban J connectivity index is 1.98. The topological polar surface area (TPSA) is 99.0 Å². The maximum absolute atomic E-state index is 13.1. The molecule has 8 nitrogen and oxygen atoms in total. The first kappa shape index (κ1) is 30.4. The number of halogens is 2. The van der Waals surface area contributed by atoms with Gasteiger partial charge in [0.25, 0.3) is 0 Å². The molecule has 36 heavy (non-hydrogen) atoms. The van der Waals surface area contributed by atoms with Crippen LogP contribution in [-0.4, -0.2) is 91.3 Å². The molecule has 1 aliphatic rings. The number of hydrogen-bond donors (Lipinski definition) is 2. The third-order valence-corrected chi connectivity index (χ3v) is 7.21. The number of primary amides is 1. The predicted octanol–water partition coefficient (Wildman–Crippen LogP) is 2.80. The van der Waals surface area contributed by atoms with Crippen LogP contribution in [0.2, 0.25) is 10.0 Å². The molecule has 1 heterocycles. The van der Waals surface area contributed by atoms with Gasteiger partial charge < -0.3 is 25.8 Å². The minimum absolute atomic E-state index is 0.0642. The third kappa shape index (κ3) is 10.6. The SMILES string of the molecule is CC(C)CCN(CC(N)=O)C(=O)CN(CCC1CCCN1C)C(=O)CNCCc1ccc(Cl)cc1Cl. The van der Waals surface area contributed by atoms with E-state index in [1.165, 1.54) is 4.90 Å². The van der Waals surface area contributed by atoms with E-state index in [0.717, 1.165) is 37.8 Å². The van der Waals surface area contributed by atoms with Crippen LogP contribution in [0.25, 0.3) is 0 Å². The number of likely N-dealkylation sites (tertiary alicyclic amines) is 1. The number of carbonyl (C=O) groups is 3. The predicted molar refractivity (Wildman–Crippen MR) is 145 cm³/mol. The highest BCUT2D eigenvalue weighted by Crippen LogP contribution is 2.21. The van der Waals surface area contributed by atoms with E-state index in [1.807, 2.05) is 6.07 Å². The average molecular weight is 543 g/mol. The Labute approximate surface area is 225 Å². The molecule has 1 saturated heterocycles. The normalized spacial score (nSPS) is 15.9. The van der Waals surface area contributed by atoms with E-state index in [1.54, 1.807) is 17.0 Å². The second-order valence-electron chi connectivity index (χ2n) is 10.0. The fourth-order valence-corrected chi connectivity index (χ4v) is 4.86. The fourth-order valence-electron chi connectivity index (χ4n) is 4.35. The minimum Gasteiger partial charge on any atom is -0.368 e. The van der Waals surface area contributed by atoms with Gasteiger partial charge in [-0.3, -0.25) is 14.4 Å². The maximum Gasteiger partial charge on any atom is 0.242 e. The van der Waals surface area contributed by atoms with Gasteiger partial charge in [0.15, 0.2) is 0 Å². The van der Waals surface area contributed by atoms with Crippen LogP contribution < -0.4 is 11.1 Å². The summed E-state index contributed by atoms with van der Waals surface area (Å²) in [5.74, 6) is -0.577. The van der Waals surface area contributed by atoms with Gasteiger partial charge in [0, 0.05) is 29.2 Å². The molecule has 0 spiro atoms. The second kappa shape index (κ2) is 15.4. The molecule has 0 aliphatic carbocycles. The molecule has 0 saturated carbocycles. The number of nitrogens with one attached hydrogen (secondary N) is 1. The Morgan fingerprint density at radius 3 is 2.47 bits per heavy atom. The molecule has 1 aromatic carbocycles. The quantitative estimate of drug-likeness (QED) is 0.332. The largest absolute Gasteiger partial charge is 0.368 e. The maximum atomic E-state index is 13.1. The molecule has 1 atom stereocenters. The minimum atomic E-state index is -0.555. The molecule has 0 radical (unpaired) electrons. The van der Waals surface area contributed by atoms with Gasteiger partial charge in [-0.15, -0.1) is 0 Å². The van der Waals surface area contributed by atoms with Crippen molar-refractivity contribution in [3.63, 3.8) is 0 Å². The van der Waals surface area contributed by atoms with Crippen molar-refractivity contribution in [3.8, 4) is 0 Å². The number of nitrogens with two attached hydrogens (primary N) is 1. The number of hydrogen-bond acceptors (Lipinski definition) is 5. The molecule has 10 heteroatoms. The zero-order valence-electron chi connectivity index (χ0n) is 21.8. The first-order valence-electron chi connectivity index (χ1n) is 12.8. The van der Waals surface area contributed by atoms with Crippen molar-refractivity contribution in [3.05, 3.63) is 33.8 Å². The number of carbonyl (C=O) groups excluding carboxylic acids is 3. The van der Waals surface area contributed by atoms with E-state index in [4.69, 9.17) is 28.9 Å². The van der Waals surface area contributed by atoms with Crippen LogP contribution in [0.1, 0.15) is 45.1 Å². The lowest BCUT2D eigenvalue weighted by atomic mass is 10.1. The molecule has 1 fully saturated rings. The van der Waals surface area contributed by atoms with E-state index in [9.17, 15) is 14.4 Å². The molecule has 3 amide bonds. The lowest BCUT2D eigenvalue weighted by molar-refractivity contribution is -0.141. The summed E-state index contributed by atoms with van der Waals surface area (Å²) in [6.45, 7) is 6.56. The molecular formula is C26H41Cl2N5O3. The van der Waals surface area contributed by atoms with Gasteiger partial charge in [-0.25, -0.2) is 0 Å². The first-order valence-corrected chi connectivity index (χ1v) is 13.5. The summed E-state index contributed by atoms with van der Waals surface area (Å²) in [6.07, 6.45) is 4.45. The Hall–Kier alpha value is -1.87. The standard InChI is InChI=1S/C26H41Cl2N5O3/c1-19(2)9-13-32(17-24(29)34)26(36)18-33(14-10-22-5-4-12-31(22)3)25(35)16-30-11-8-20-6-7-21(27)15-23(20)28/h6-7,15,19,22,30H,4-5,8-14,16-18H2,1-3H3,(H2,29,34). The monoisotopic (exact) mass is 541 g/mol. The van der Waals surface area contributed by atoms with Gasteiger partial charge in [-0.2, -0.15) is 0 Å². The van der Waals surface area contributed by atoms with Gasteiger partial charge in [0.1, 0.15) is 0 Å². The summed E-state index contributed by atoms with van der Waals surface area (Å²) in [5.41, 5.74) is 6.34. The van der Waals surface area contributed by atoms with Crippen molar-refractivity contribution in [1.29, 1.82) is 0 Å². The first-order chi connectivity index (χ1) is 17.1. The van der Waals surface area contributed by atoms with Crippen molar-refractivity contribution in [2.24, 2.45) is 11.7 Å². The zero-order valence-corrected chi connectivity index (χ0v) is 23.3. The van der Waals surface area contributed by atoms with Crippen LogP contribution in [0, 0.1) is 5.92 Å². The van der Waals surface area contributed by atoms with E-state index >= 15 is 0 Å². The van der Waals surface area contributed by atoms with Crippen molar-refractivity contribution in [1.82, 2.24) is 20.0 Å². The summed E-state index contributed by atoms with van der Waals surface area (Å²) >= 11 is 12.2. The highest BCUT2D eigenvalue weighted by Gasteiger charge is 2.26. The molecule has 2 rings (SSSR count). The van der Waals surface area contributed by atoms with E-state index < -0.39 is 5.91 Å². The van der Waals surface area contributed by atoms with Crippen LogP contribution in [0.4, 0.5) is 0 Å². The summed E-state index contributed by atoms with van der Waals surface area (Å²) in [4.78, 5) is 43.2. The summed E-state index contributed by atoms with van der Waals surface area (Å²) < 4.78 is 0. The summed E-state index contributed by atoms with van der Waals surface area (Å²) in [7, 11) is 2.10. The lowest BCUT2D eigenvalue weighted by Gasteiger charge is -2.29. The molecule has 3 N–H and O–H groups in total. The van der Waals surface area contributed by atoms with Crippen molar-refractivity contribution >= 4 is 40.9 Å². The van der Waals surface area contributed by atoms with Crippen LogP contribution in [0.3, 0.4) is 0 Å². The van der Waals surface area contributed by atoms with Crippen molar-refractivity contribution < 1.29 is 14.4 Å². The second-order valence-corrected chi connectivity index (χ2v) is 10.9. The highest BCUT2D eigenvalue weighted by molar-refractivity contribution is 6.35. The highest BCUT2D eigenvalue weighted by atomic mass is 35.5. The smallest absolute Gasteiger partial charge is 0.242 e. The van der Waals surface area contributed by atoms with Crippen LogP contribution in [-0.2, 0) is 20.8 Å². The van der Waals surface area contributed by atoms with E-state index in [2.05, 4.69) is 31.1 Å². The number of nitrogens with zero attached hydrogens (tertiary/aromatic N) is 3. The van der Waals surface area contributed by atoms with E-state index in [0.29, 0.717) is 48.1 Å². The van der Waals surface area contributed by atoms with Gasteiger partial charge in [0.05, 0.1) is 19.6 Å². The van der Waals surface area contributed by atoms with Crippen molar-refractivity contribution in [2.45, 2.75) is 52.0 Å². The average Bonchev–Trinajstić information content (AvgIpc) is 3.22. The summed E-state index contributed by atoms with van der Waals surface area (Å²) in [5, 5.41) is 4.35. The summed E-state index contributed by atoms with van der Waals surface area (Å²) in [6, 6.07) is 5.77. The Kier molecular flexibility index (Phi) is 13.0. The van der Waals surface area contributed by atoms with E-state index in [-0.39, 0.29) is 31.4 Å². The third-order valence-electron chi connectivity index (χ3n) is 6.62. The number of rotatable bonds is 15. The molecule has 1 aliphatic heterocycles. The van der Waals surface area contributed by atoms with Crippen LogP contribution in [0.5, 0.6) is 0 Å². The molecular weight excluding hydrogens is 501 g/mol. The number of benzene rings is 1. The Morgan fingerprint density at radius 2 is 1.86 bits per heavy atom. The molecule has 202 valence electrons. The lowest BCUT2D eigenvalue weighted by Crippen LogP contribution is -2.48. The van der Waals surface area contributed by atoms with Gasteiger partial charge in [-0.1, -0.05) is 43.1 Å².